The molecule has 3 N–H and O–H groups in total. The number of hydrogen-bond acceptors (Lipinski definition) is 9. The van der Waals surface area contributed by atoms with Crippen LogP contribution in [0.1, 0.15) is 30.0 Å². The number of aromatic nitrogens is 4. The van der Waals surface area contributed by atoms with Gasteiger partial charge in [0.2, 0.25) is 5.95 Å². The van der Waals surface area contributed by atoms with E-state index in [1.807, 2.05) is 42.9 Å². The molecular weight excluding hydrogens is 480 g/mol. The summed E-state index contributed by atoms with van der Waals surface area (Å²) in [5, 5.41) is 9.41. The van der Waals surface area contributed by atoms with Gasteiger partial charge in [0.05, 0.1) is 42.5 Å². The molecule has 0 bridgehead atoms. The number of aryl methyl sites for hydroxylation is 1. The maximum atomic E-state index is 6.46. The van der Waals surface area contributed by atoms with Crippen molar-refractivity contribution >= 4 is 33.9 Å². The summed E-state index contributed by atoms with van der Waals surface area (Å²) in [7, 11) is 9.46. The first-order chi connectivity index (χ1) is 18.3. The summed E-state index contributed by atoms with van der Waals surface area (Å²) in [5.41, 5.74) is 11.7. The fraction of sp³-hybridized carbons (Fsp3) is 0.393. The first kappa shape index (κ1) is 25.6. The molecule has 1 saturated carbocycles. The van der Waals surface area contributed by atoms with E-state index in [1.54, 1.807) is 20.4 Å². The molecule has 10 nitrogen and oxygen atoms in total. The molecule has 5 rings (SSSR count). The third-order valence-electron chi connectivity index (χ3n) is 6.91. The molecule has 0 atom stereocenters. The van der Waals surface area contributed by atoms with Crippen LogP contribution >= 0.6 is 0 Å². The summed E-state index contributed by atoms with van der Waals surface area (Å²) in [6, 6.07) is 9.87. The number of hydrogen-bond donors (Lipinski definition) is 2. The molecule has 10 heteroatoms. The minimum atomic E-state index is 0.433. The van der Waals surface area contributed by atoms with Crippen LogP contribution in [0.3, 0.4) is 0 Å². The summed E-state index contributed by atoms with van der Waals surface area (Å²) in [4.78, 5) is 13.7. The van der Waals surface area contributed by atoms with Crippen molar-refractivity contribution < 1.29 is 9.47 Å². The molecule has 0 aliphatic heterocycles. The molecule has 0 spiro atoms. The lowest BCUT2D eigenvalue weighted by atomic mass is 10.1. The highest BCUT2D eigenvalue weighted by atomic mass is 16.5. The van der Waals surface area contributed by atoms with Crippen LogP contribution in [-0.4, -0.2) is 73.1 Å². The largest absolute Gasteiger partial charge is 0.497 e. The first-order valence-electron chi connectivity index (χ1n) is 12.8. The van der Waals surface area contributed by atoms with E-state index >= 15 is 0 Å². The van der Waals surface area contributed by atoms with Crippen molar-refractivity contribution in [1.82, 2.24) is 24.6 Å². The second kappa shape index (κ2) is 10.4. The van der Waals surface area contributed by atoms with E-state index in [9.17, 15) is 0 Å². The third-order valence-corrected chi connectivity index (χ3v) is 6.91. The Morgan fingerprint density at radius 3 is 2.55 bits per heavy atom. The number of nitrogens with one attached hydrogen (secondary N) is 1. The van der Waals surface area contributed by atoms with Crippen LogP contribution in [0.25, 0.3) is 16.7 Å². The van der Waals surface area contributed by atoms with Gasteiger partial charge in [0.1, 0.15) is 11.5 Å². The van der Waals surface area contributed by atoms with E-state index in [4.69, 9.17) is 25.3 Å². The smallest absolute Gasteiger partial charge is 0.229 e. The van der Waals surface area contributed by atoms with Crippen molar-refractivity contribution in [2.24, 2.45) is 0 Å². The standard InChI is InChI=1S/C28H36N8O2/c1-17-16-30-28(31-22-14-21(29)24(15-25(22)38-6)35(4)12-11-34(2)3)32-27(17)36-23-10-9-19(37-5)13-20(23)26(33-36)18-7-8-18/h9-10,13-16,18H,7-8,11-12,29H2,1-6H3,(H,30,31,32). The SMILES string of the molecule is COc1ccc2c(c1)c(C1CC1)nn2-c1nc(Nc2cc(N)c(N(C)CCN(C)C)cc2OC)ncc1C. The fourth-order valence-corrected chi connectivity index (χ4v) is 4.55. The lowest BCUT2D eigenvalue weighted by Crippen LogP contribution is -2.29. The van der Waals surface area contributed by atoms with Gasteiger partial charge in [0.15, 0.2) is 5.82 Å². The van der Waals surface area contributed by atoms with Crippen molar-refractivity contribution in [2.45, 2.75) is 25.7 Å². The molecular formula is C28H36N8O2. The number of methoxy groups -OCH3 is 2. The lowest BCUT2D eigenvalue weighted by Gasteiger charge is -2.24. The zero-order chi connectivity index (χ0) is 27.0. The molecule has 2 aromatic heterocycles. The topological polar surface area (TPSA) is 107 Å². The van der Waals surface area contributed by atoms with Crippen molar-refractivity contribution in [3.8, 4) is 17.3 Å². The molecule has 4 aromatic rings. The summed E-state index contributed by atoms with van der Waals surface area (Å²) in [5.74, 6) is 3.11. The molecule has 200 valence electrons. The Labute approximate surface area is 223 Å². The maximum absolute atomic E-state index is 6.46. The molecule has 1 aliphatic rings. The number of nitrogens with two attached hydrogens (primary N) is 1. The number of fused-ring (bicyclic) bond motifs is 1. The Morgan fingerprint density at radius 1 is 1.08 bits per heavy atom. The zero-order valence-electron chi connectivity index (χ0n) is 22.9. The van der Waals surface area contributed by atoms with E-state index < -0.39 is 0 Å². The Bertz CT molecular complexity index is 1460. The number of benzene rings is 2. The van der Waals surface area contributed by atoms with Crippen LogP contribution < -0.4 is 25.4 Å². The van der Waals surface area contributed by atoms with Gasteiger partial charge in [-0.2, -0.15) is 10.1 Å². The Morgan fingerprint density at radius 2 is 1.87 bits per heavy atom. The molecule has 1 fully saturated rings. The average Bonchev–Trinajstić information content (AvgIpc) is 3.68. The van der Waals surface area contributed by atoms with E-state index in [0.717, 1.165) is 65.3 Å². The Balaban J connectivity index is 1.49. The average molecular weight is 517 g/mol. The predicted molar refractivity (Wildman–Crippen MR) is 152 cm³/mol. The molecule has 0 saturated heterocycles. The van der Waals surface area contributed by atoms with Gasteiger partial charge in [-0.3, -0.25) is 0 Å². The number of nitrogen functional groups attached to an aromatic ring is 1. The van der Waals surface area contributed by atoms with E-state index in [2.05, 4.69) is 40.3 Å². The summed E-state index contributed by atoms with van der Waals surface area (Å²) in [6.07, 6.45) is 4.11. The Kier molecular flexibility index (Phi) is 6.98. The fourth-order valence-electron chi connectivity index (χ4n) is 4.55. The normalized spacial score (nSPS) is 13.2. The van der Waals surface area contributed by atoms with Crippen LogP contribution in [0, 0.1) is 6.92 Å². The summed E-state index contributed by atoms with van der Waals surface area (Å²) >= 11 is 0. The molecule has 38 heavy (non-hydrogen) atoms. The van der Waals surface area contributed by atoms with Gasteiger partial charge >= 0.3 is 0 Å². The van der Waals surface area contributed by atoms with Crippen molar-refractivity contribution in [3.63, 3.8) is 0 Å². The number of likely N-dealkylation sites (N-methyl/N-ethyl adjacent to an activating group) is 2. The van der Waals surface area contributed by atoms with E-state index in [-0.39, 0.29) is 0 Å². The maximum Gasteiger partial charge on any atom is 0.229 e. The first-order valence-corrected chi connectivity index (χ1v) is 12.8. The highest BCUT2D eigenvalue weighted by Gasteiger charge is 2.30. The second-order valence-electron chi connectivity index (χ2n) is 10.1. The molecule has 2 aromatic carbocycles. The van der Waals surface area contributed by atoms with Crippen LogP contribution in [-0.2, 0) is 0 Å². The molecule has 0 radical (unpaired) electrons. The molecule has 1 aliphatic carbocycles. The van der Waals surface area contributed by atoms with Crippen LogP contribution in [0.4, 0.5) is 23.0 Å². The summed E-state index contributed by atoms with van der Waals surface area (Å²) < 4.78 is 13.1. The van der Waals surface area contributed by atoms with E-state index in [1.165, 1.54) is 0 Å². The minimum Gasteiger partial charge on any atom is -0.497 e. The van der Waals surface area contributed by atoms with E-state index in [0.29, 0.717) is 29.0 Å². The lowest BCUT2D eigenvalue weighted by molar-refractivity contribution is 0.413. The monoisotopic (exact) mass is 516 g/mol. The quantitative estimate of drug-likeness (QED) is 0.298. The highest BCUT2D eigenvalue weighted by Crippen LogP contribution is 2.43. The zero-order valence-corrected chi connectivity index (χ0v) is 22.9. The van der Waals surface area contributed by atoms with Crippen LogP contribution in [0.15, 0.2) is 36.5 Å². The van der Waals surface area contributed by atoms with Gasteiger partial charge < -0.3 is 30.3 Å². The van der Waals surface area contributed by atoms with Crippen molar-refractivity contribution in [1.29, 1.82) is 0 Å². The van der Waals surface area contributed by atoms with Crippen LogP contribution in [0.5, 0.6) is 11.5 Å². The summed E-state index contributed by atoms with van der Waals surface area (Å²) in [6.45, 7) is 3.74. The van der Waals surface area contributed by atoms with Crippen molar-refractivity contribution in [3.05, 3.63) is 47.8 Å². The van der Waals surface area contributed by atoms with Gasteiger partial charge in [-0.15, -0.1) is 0 Å². The number of anilines is 4. The number of ether oxygens (including phenoxy) is 2. The minimum absolute atomic E-state index is 0.433. The Hall–Kier alpha value is -4.05. The van der Waals surface area contributed by atoms with Gasteiger partial charge in [0, 0.05) is 49.3 Å². The molecule has 2 heterocycles. The number of nitrogens with zero attached hydrogens (tertiary/aromatic N) is 6. The van der Waals surface area contributed by atoms with Gasteiger partial charge in [0.25, 0.3) is 0 Å². The predicted octanol–water partition coefficient (Wildman–Crippen LogP) is 4.34. The highest BCUT2D eigenvalue weighted by molar-refractivity contribution is 5.86. The van der Waals surface area contributed by atoms with Crippen LogP contribution in [0.2, 0.25) is 0 Å². The molecule has 0 amide bonds. The van der Waals surface area contributed by atoms with Gasteiger partial charge in [-0.05, 0) is 58.1 Å². The van der Waals surface area contributed by atoms with Crippen molar-refractivity contribution in [2.75, 3.05) is 64.4 Å². The second-order valence-corrected chi connectivity index (χ2v) is 10.1. The molecule has 0 unspecified atom stereocenters. The third kappa shape index (κ3) is 5.04. The van der Waals surface area contributed by atoms with Gasteiger partial charge in [-0.1, -0.05) is 0 Å². The number of rotatable bonds is 10. The van der Waals surface area contributed by atoms with Gasteiger partial charge in [-0.25, -0.2) is 9.67 Å².